The molecule has 0 aromatic carbocycles. The zero-order valence-corrected chi connectivity index (χ0v) is 10.3. The molecule has 4 atom stereocenters. The van der Waals surface area contributed by atoms with E-state index in [2.05, 4.69) is 12.2 Å². The second-order valence-corrected chi connectivity index (χ2v) is 5.55. The van der Waals surface area contributed by atoms with Gasteiger partial charge in [-0.2, -0.15) is 0 Å². The second kappa shape index (κ2) is 5.00. The maximum atomic E-state index is 10.3. The first-order valence-corrected chi connectivity index (χ1v) is 6.61. The van der Waals surface area contributed by atoms with Crippen LogP contribution in [0.25, 0.3) is 0 Å². The number of aliphatic hydroxyl groups excluding tert-OH is 1. The van der Waals surface area contributed by atoms with E-state index in [0.29, 0.717) is 12.0 Å². The Kier molecular flexibility index (Phi) is 3.85. The molecule has 1 saturated carbocycles. The van der Waals surface area contributed by atoms with E-state index in [9.17, 15) is 10.3 Å². The van der Waals surface area contributed by atoms with Gasteiger partial charge in [-0.25, -0.2) is 0 Å². The number of hydroxylamine groups is 2. The summed E-state index contributed by atoms with van der Waals surface area (Å²) in [7, 11) is 0. The topological polar surface area (TPSA) is 60.3 Å². The van der Waals surface area contributed by atoms with Gasteiger partial charge in [-0.15, -0.1) is 5.06 Å². The fourth-order valence-electron chi connectivity index (χ4n) is 3.10. The Bertz CT molecular complexity index is 231. The summed E-state index contributed by atoms with van der Waals surface area (Å²) in [5.41, 5.74) is 0. The zero-order valence-electron chi connectivity index (χ0n) is 10.3. The Morgan fingerprint density at radius 2 is 1.81 bits per heavy atom. The minimum atomic E-state index is -0.391. The number of quaternary nitrogens is 1. The van der Waals surface area contributed by atoms with Crippen LogP contribution in [0.15, 0.2) is 0 Å². The van der Waals surface area contributed by atoms with Crippen molar-refractivity contribution in [3.8, 4) is 0 Å². The van der Waals surface area contributed by atoms with Crippen LogP contribution in [-0.2, 0) is 0 Å². The number of hydrogen-bond donors (Lipinski definition) is 3. The fourth-order valence-corrected chi connectivity index (χ4v) is 3.10. The van der Waals surface area contributed by atoms with E-state index in [1.165, 1.54) is 24.3 Å². The summed E-state index contributed by atoms with van der Waals surface area (Å²) in [6.07, 6.45) is 5.43. The van der Waals surface area contributed by atoms with E-state index in [1.54, 1.807) is 0 Å². The molecule has 0 aromatic rings. The van der Waals surface area contributed by atoms with Crippen LogP contribution in [0.4, 0.5) is 0 Å². The van der Waals surface area contributed by atoms with Gasteiger partial charge in [0.05, 0.1) is 6.04 Å². The van der Waals surface area contributed by atoms with Crippen molar-refractivity contribution in [2.75, 3.05) is 0 Å². The van der Waals surface area contributed by atoms with Gasteiger partial charge in [-0.1, -0.05) is 19.3 Å². The van der Waals surface area contributed by atoms with Crippen LogP contribution in [0.3, 0.4) is 0 Å². The molecule has 1 aliphatic carbocycles. The van der Waals surface area contributed by atoms with Crippen molar-refractivity contribution in [2.45, 2.75) is 70.3 Å². The molecular weight excluding hydrogens is 204 g/mol. The first kappa shape index (κ1) is 12.3. The van der Waals surface area contributed by atoms with Gasteiger partial charge in [0.15, 0.2) is 6.17 Å². The Morgan fingerprint density at radius 1 is 1.19 bits per heavy atom. The highest BCUT2D eigenvalue weighted by Crippen LogP contribution is 2.28. The highest BCUT2D eigenvalue weighted by Gasteiger charge is 2.45. The van der Waals surface area contributed by atoms with Crippen LogP contribution in [0.5, 0.6) is 0 Å². The lowest BCUT2D eigenvalue weighted by molar-refractivity contribution is -0.721. The van der Waals surface area contributed by atoms with Crippen LogP contribution in [0, 0.1) is 5.92 Å². The molecule has 16 heavy (non-hydrogen) atoms. The summed E-state index contributed by atoms with van der Waals surface area (Å²) in [6, 6.07) is 0.483. The summed E-state index contributed by atoms with van der Waals surface area (Å²) in [4.78, 5) is 0. The van der Waals surface area contributed by atoms with Crippen LogP contribution < -0.4 is 5.32 Å². The number of hydrogen-bond acceptors (Lipinski definition) is 3. The van der Waals surface area contributed by atoms with Crippen molar-refractivity contribution >= 4 is 0 Å². The number of nitrogens with two attached hydrogens (primary N) is 1. The monoisotopic (exact) mass is 229 g/mol. The summed E-state index contributed by atoms with van der Waals surface area (Å²) < 4.78 is 0. The Morgan fingerprint density at radius 3 is 2.31 bits per heavy atom. The second-order valence-electron chi connectivity index (χ2n) is 5.55. The number of nitrogens with zero attached hydrogens (tertiary/aromatic N) is 1. The average molecular weight is 229 g/mol. The van der Waals surface area contributed by atoms with E-state index >= 15 is 0 Å². The molecule has 0 spiro atoms. The highest BCUT2D eigenvalue weighted by atomic mass is 16.5. The molecule has 0 radical (unpaired) electrons. The lowest BCUT2D eigenvalue weighted by Gasteiger charge is -2.30. The highest BCUT2D eigenvalue weighted by molar-refractivity contribution is 4.82. The lowest BCUT2D eigenvalue weighted by Crippen LogP contribution is -2.95. The molecule has 0 amide bonds. The predicted molar refractivity (Wildman–Crippen MR) is 60.8 cm³/mol. The molecule has 1 saturated heterocycles. The third-order valence-corrected chi connectivity index (χ3v) is 4.47. The Hall–Kier alpha value is -0.160. The molecule has 1 heterocycles. The van der Waals surface area contributed by atoms with Crippen LogP contribution in [-0.4, -0.2) is 39.7 Å². The largest absolute Gasteiger partial charge is 0.385 e. The Balaban J connectivity index is 1.96. The third-order valence-electron chi connectivity index (χ3n) is 4.47. The molecule has 0 bridgehead atoms. The molecule has 2 rings (SSSR count). The molecular formula is C12H25N2O2+. The van der Waals surface area contributed by atoms with Gasteiger partial charge in [-0.05, 0) is 32.6 Å². The molecule has 4 nitrogen and oxygen atoms in total. The van der Waals surface area contributed by atoms with Gasteiger partial charge in [-0.3, -0.25) is 0 Å². The number of rotatable bonds is 2. The minimum absolute atomic E-state index is 0.128. The van der Waals surface area contributed by atoms with E-state index < -0.39 is 6.10 Å². The van der Waals surface area contributed by atoms with Crippen LogP contribution >= 0.6 is 0 Å². The van der Waals surface area contributed by atoms with Gasteiger partial charge in [0.1, 0.15) is 12.1 Å². The van der Waals surface area contributed by atoms with E-state index in [4.69, 9.17) is 0 Å². The number of aliphatic hydroxyl groups is 1. The summed E-state index contributed by atoms with van der Waals surface area (Å²) >= 11 is 0. The van der Waals surface area contributed by atoms with Crippen LogP contribution in [0.2, 0.25) is 0 Å². The molecule has 2 aliphatic rings. The zero-order chi connectivity index (χ0) is 11.7. The van der Waals surface area contributed by atoms with Gasteiger partial charge in [0, 0.05) is 0 Å². The van der Waals surface area contributed by atoms with E-state index in [-0.39, 0.29) is 12.2 Å². The van der Waals surface area contributed by atoms with Crippen molar-refractivity contribution in [1.29, 1.82) is 0 Å². The van der Waals surface area contributed by atoms with Gasteiger partial charge < -0.3 is 15.6 Å². The molecule has 94 valence electrons. The van der Waals surface area contributed by atoms with Crippen molar-refractivity contribution < 1.29 is 15.6 Å². The average Bonchev–Trinajstić information content (AvgIpc) is 2.57. The fraction of sp³-hybridized carbons (Fsp3) is 1.00. The SMILES string of the molecule is CC1[NH2+]C([C@@H](O)C2CCCCC2)N(O)C1C. The van der Waals surface area contributed by atoms with Crippen molar-refractivity contribution in [1.82, 2.24) is 5.06 Å². The van der Waals surface area contributed by atoms with E-state index in [1.807, 2.05) is 6.92 Å². The summed E-state index contributed by atoms with van der Waals surface area (Å²) in [5.74, 6) is 0.377. The minimum Gasteiger partial charge on any atom is -0.385 e. The quantitative estimate of drug-likeness (QED) is 0.638. The molecule has 2 fully saturated rings. The van der Waals surface area contributed by atoms with Gasteiger partial charge in [0.25, 0.3) is 0 Å². The molecule has 3 unspecified atom stereocenters. The van der Waals surface area contributed by atoms with Crippen LogP contribution in [0.1, 0.15) is 46.0 Å². The van der Waals surface area contributed by atoms with Crippen molar-refractivity contribution in [2.24, 2.45) is 5.92 Å². The van der Waals surface area contributed by atoms with Gasteiger partial charge >= 0.3 is 0 Å². The van der Waals surface area contributed by atoms with E-state index in [0.717, 1.165) is 12.8 Å². The molecule has 4 heteroatoms. The van der Waals surface area contributed by atoms with Crippen molar-refractivity contribution in [3.05, 3.63) is 0 Å². The Labute approximate surface area is 97.6 Å². The van der Waals surface area contributed by atoms with Crippen molar-refractivity contribution in [3.63, 3.8) is 0 Å². The normalized spacial score (nSPS) is 40.1. The maximum absolute atomic E-state index is 10.3. The molecule has 0 aromatic heterocycles. The van der Waals surface area contributed by atoms with Gasteiger partial charge in [0.2, 0.25) is 0 Å². The predicted octanol–water partition coefficient (Wildman–Crippen LogP) is 0.299. The summed E-state index contributed by atoms with van der Waals surface area (Å²) in [6.45, 7) is 4.11. The summed E-state index contributed by atoms with van der Waals surface area (Å²) in [5, 5.41) is 23.8. The smallest absolute Gasteiger partial charge is 0.191 e. The third kappa shape index (κ3) is 2.25. The lowest BCUT2D eigenvalue weighted by atomic mass is 9.84. The standard InChI is InChI=1S/C12H24N2O2/c1-8-9(2)14(16)12(13-8)11(15)10-6-4-3-5-7-10/h8-13,15-16H,3-7H2,1-2H3/p+1/t8?,9?,11-,12?/m0/s1. The molecule has 4 N–H and O–H groups in total. The maximum Gasteiger partial charge on any atom is 0.191 e. The first-order valence-electron chi connectivity index (χ1n) is 6.61. The first-order chi connectivity index (χ1) is 7.61. The molecule has 1 aliphatic heterocycles.